The number of carbonyl (C=O) groups is 1. The van der Waals surface area contributed by atoms with Gasteiger partial charge in [0.25, 0.3) is 0 Å². The van der Waals surface area contributed by atoms with E-state index in [4.69, 9.17) is 27.9 Å². The Morgan fingerprint density at radius 1 is 1.05 bits per heavy atom. The van der Waals surface area contributed by atoms with Crippen molar-refractivity contribution < 1.29 is 27.8 Å². The summed E-state index contributed by atoms with van der Waals surface area (Å²) in [5.41, 5.74) is -0.202. The van der Waals surface area contributed by atoms with Crippen molar-refractivity contribution >= 4 is 29.2 Å². The first-order chi connectivity index (χ1) is 18.0. The van der Waals surface area contributed by atoms with Crippen molar-refractivity contribution in [3.05, 3.63) is 74.9 Å². The predicted molar refractivity (Wildman–Crippen MR) is 131 cm³/mol. The molecule has 4 rings (SSSR count). The SMILES string of the molecule is COC(=O)Cn1nc(Cn2nc(-c3ccc(Cl)cc3)n(CC(O)C(F)(F)F)c2=O)nc1-c1ccccc1Cl. The van der Waals surface area contributed by atoms with Gasteiger partial charge in [0.2, 0.25) is 0 Å². The highest BCUT2D eigenvalue weighted by atomic mass is 35.5. The van der Waals surface area contributed by atoms with Crippen LogP contribution in [0.5, 0.6) is 0 Å². The second kappa shape index (κ2) is 11.0. The number of alkyl halides is 3. The van der Waals surface area contributed by atoms with Gasteiger partial charge >= 0.3 is 17.8 Å². The molecule has 0 aliphatic rings. The first-order valence-corrected chi connectivity index (χ1v) is 11.7. The number of aliphatic hydroxyl groups is 1. The number of carbonyl (C=O) groups excluding carboxylic acids is 1. The fraction of sp³-hybridized carbons (Fsp3) is 0.261. The lowest BCUT2D eigenvalue weighted by atomic mass is 10.2. The van der Waals surface area contributed by atoms with Crippen LogP contribution in [0.4, 0.5) is 13.2 Å². The number of halogens is 5. The maximum Gasteiger partial charge on any atom is 0.416 e. The summed E-state index contributed by atoms with van der Waals surface area (Å²) in [5, 5.41) is 18.8. The Morgan fingerprint density at radius 3 is 2.37 bits per heavy atom. The van der Waals surface area contributed by atoms with Crippen molar-refractivity contribution in [3.63, 3.8) is 0 Å². The van der Waals surface area contributed by atoms with Crippen LogP contribution >= 0.6 is 23.2 Å². The van der Waals surface area contributed by atoms with Gasteiger partial charge in [-0.05, 0) is 36.4 Å². The Hall–Kier alpha value is -3.68. The molecule has 0 saturated carbocycles. The van der Waals surface area contributed by atoms with E-state index in [1.54, 1.807) is 24.3 Å². The average Bonchev–Trinajstić information content (AvgIpc) is 3.40. The van der Waals surface area contributed by atoms with Gasteiger partial charge in [-0.15, -0.1) is 5.10 Å². The molecule has 4 aromatic rings. The van der Waals surface area contributed by atoms with Crippen LogP contribution in [0.2, 0.25) is 10.0 Å². The number of nitrogens with zero attached hydrogens (tertiary/aromatic N) is 6. The summed E-state index contributed by atoms with van der Waals surface area (Å²) in [6.07, 6.45) is -7.77. The molecule has 0 bridgehead atoms. The molecule has 200 valence electrons. The number of ether oxygens (including phenoxy) is 1. The van der Waals surface area contributed by atoms with Crippen LogP contribution in [0.1, 0.15) is 5.82 Å². The predicted octanol–water partition coefficient (Wildman–Crippen LogP) is 3.42. The molecule has 15 heteroatoms. The number of aliphatic hydroxyl groups excluding tert-OH is 1. The van der Waals surface area contributed by atoms with Crippen LogP contribution in [0.3, 0.4) is 0 Å². The summed E-state index contributed by atoms with van der Waals surface area (Å²) in [6.45, 7) is -1.77. The maximum atomic E-state index is 13.1. The molecule has 10 nitrogen and oxygen atoms in total. The van der Waals surface area contributed by atoms with E-state index in [-0.39, 0.29) is 30.6 Å². The summed E-state index contributed by atoms with van der Waals surface area (Å²) in [6, 6.07) is 12.6. The molecule has 1 unspecified atom stereocenters. The van der Waals surface area contributed by atoms with Crippen LogP contribution in [-0.4, -0.2) is 59.6 Å². The molecule has 0 fully saturated rings. The van der Waals surface area contributed by atoms with Gasteiger partial charge in [-0.1, -0.05) is 35.3 Å². The highest BCUT2D eigenvalue weighted by Gasteiger charge is 2.39. The minimum atomic E-state index is -4.96. The zero-order valence-corrected chi connectivity index (χ0v) is 21.1. The third kappa shape index (κ3) is 5.90. The van der Waals surface area contributed by atoms with Crippen LogP contribution in [0, 0.1) is 0 Å². The summed E-state index contributed by atoms with van der Waals surface area (Å²) in [5.74, 6) is -0.527. The molecule has 38 heavy (non-hydrogen) atoms. The normalized spacial score (nSPS) is 12.5. The van der Waals surface area contributed by atoms with E-state index in [2.05, 4.69) is 15.2 Å². The lowest BCUT2D eigenvalue weighted by Crippen LogP contribution is -2.37. The number of hydrogen-bond donors (Lipinski definition) is 1. The van der Waals surface area contributed by atoms with Gasteiger partial charge in [-0.3, -0.25) is 9.36 Å². The highest BCUT2D eigenvalue weighted by molar-refractivity contribution is 6.33. The fourth-order valence-corrected chi connectivity index (χ4v) is 3.87. The number of benzene rings is 2. The molecular formula is C23H19Cl2F3N6O4. The van der Waals surface area contributed by atoms with Crippen molar-refractivity contribution in [2.75, 3.05) is 7.11 Å². The van der Waals surface area contributed by atoms with Crippen LogP contribution in [-0.2, 0) is 29.2 Å². The van der Waals surface area contributed by atoms with Gasteiger partial charge in [0.05, 0.1) is 18.7 Å². The molecule has 2 aromatic carbocycles. The minimum absolute atomic E-state index is 0.0228. The van der Waals surface area contributed by atoms with Crippen molar-refractivity contribution in [1.82, 2.24) is 29.1 Å². The zero-order chi connectivity index (χ0) is 27.6. The molecule has 0 amide bonds. The molecule has 1 atom stereocenters. The molecule has 0 radical (unpaired) electrons. The van der Waals surface area contributed by atoms with E-state index in [1.165, 1.54) is 36.1 Å². The monoisotopic (exact) mass is 570 g/mol. The standard InChI is InChI=1S/C23H19Cl2F3N6O4/c1-38-19(36)12-33-21(15-4-2-3-5-16(15)25)29-18(30-33)11-34-22(37)32(10-17(35)23(26,27)28)20(31-34)13-6-8-14(24)9-7-13/h2-9,17,35H,10-12H2,1H3. The lowest BCUT2D eigenvalue weighted by molar-refractivity contribution is -0.207. The quantitative estimate of drug-likeness (QED) is 0.322. The summed E-state index contributed by atoms with van der Waals surface area (Å²) >= 11 is 12.2. The molecule has 2 aromatic heterocycles. The largest absolute Gasteiger partial charge is 0.468 e. The minimum Gasteiger partial charge on any atom is -0.468 e. The second-order valence-corrected chi connectivity index (χ2v) is 8.85. The van der Waals surface area contributed by atoms with Crippen LogP contribution in [0.15, 0.2) is 53.3 Å². The second-order valence-electron chi connectivity index (χ2n) is 8.00. The zero-order valence-electron chi connectivity index (χ0n) is 19.6. The fourth-order valence-electron chi connectivity index (χ4n) is 3.53. The van der Waals surface area contributed by atoms with E-state index >= 15 is 0 Å². The number of esters is 1. The number of methoxy groups -OCH3 is 1. The van der Waals surface area contributed by atoms with Gasteiger partial charge in [0.15, 0.2) is 23.6 Å². The first-order valence-electron chi connectivity index (χ1n) is 10.9. The highest BCUT2D eigenvalue weighted by Crippen LogP contribution is 2.27. The van der Waals surface area contributed by atoms with Gasteiger partial charge in [-0.2, -0.15) is 18.3 Å². The number of aromatic nitrogens is 6. The van der Waals surface area contributed by atoms with E-state index in [0.29, 0.717) is 25.7 Å². The van der Waals surface area contributed by atoms with Crippen molar-refractivity contribution in [2.24, 2.45) is 0 Å². The molecule has 0 aliphatic carbocycles. The molecule has 0 saturated heterocycles. The Kier molecular flexibility index (Phi) is 7.90. The molecular weight excluding hydrogens is 552 g/mol. The maximum absolute atomic E-state index is 13.1. The van der Waals surface area contributed by atoms with Crippen LogP contribution in [0.25, 0.3) is 22.8 Å². The summed E-state index contributed by atoms with van der Waals surface area (Å²) in [4.78, 5) is 29.5. The lowest BCUT2D eigenvalue weighted by Gasteiger charge is -2.15. The van der Waals surface area contributed by atoms with Crippen LogP contribution < -0.4 is 5.69 Å². The Morgan fingerprint density at radius 2 is 1.74 bits per heavy atom. The van der Waals surface area contributed by atoms with Gasteiger partial charge in [-0.25, -0.2) is 19.1 Å². The summed E-state index contributed by atoms with van der Waals surface area (Å²) in [7, 11) is 1.20. The molecule has 0 spiro atoms. The van der Waals surface area contributed by atoms with E-state index < -0.39 is 30.5 Å². The number of rotatable bonds is 8. The molecule has 1 N–H and O–H groups in total. The molecule has 0 aliphatic heterocycles. The average molecular weight is 571 g/mol. The van der Waals surface area contributed by atoms with Crippen molar-refractivity contribution in [2.45, 2.75) is 31.9 Å². The Balaban J connectivity index is 1.78. The summed E-state index contributed by atoms with van der Waals surface area (Å²) < 4.78 is 46.8. The topological polar surface area (TPSA) is 117 Å². The smallest absolute Gasteiger partial charge is 0.416 e. The van der Waals surface area contributed by atoms with Crippen molar-refractivity contribution in [1.29, 1.82) is 0 Å². The first kappa shape index (κ1) is 27.4. The van der Waals surface area contributed by atoms with Gasteiger partial charge in [0.1, 0.15) is 13.1 Å². The van der Waals surface area contributed by atoms with E-state index in [1.807, 2.05) is 0 Å². The Labute approximate surface area is 222 Å². The van der Waals surface area contributed by atoms with Gasteiger partial charge in [0, 0.05) is 16.1 Å². The van der Waals surface area contributed by atoms with Gasteiger partial charge < -0.3 is 9.84 Å². The third-order valence-corrected chi connectivity index (χ3v) is 5.97. The molecule has 2 heterocycles. The Bertz CT molecular complexity index is 1510. The number of hydrogen-bond acceptors (Lipinski definition) is 7. The van der Waals surface area contributed by atoms with E-state index in [9.17, 15) is 27.9 Å². The third-order valence-electron chi connectivity index (χ3n) is 5.39. The van der Waals surface area contributed by atoms with E-state index in [0.717, 1.165) is 4.68 Å². The van der Waals surface area contributed by atoms with Crippen molar-refractivity contribution in [3.8, 4) is 22.8 Å².